The van der Waals surface area contributed by atoms with Gasteiger partial charge in [0.1, 0.15) is 0 Å². The summed E-state index contributed by atoms with van der Waals surface area (Å²) in [6.45, 7) is 3.21. The summed E-state index contributed by atoms with van der Waals surface area (Å²) in [7, 11) is 0. The van der Waals surface area contributed by atoms with Gasteiger partial charge in [0.25, 0.3) is 0 Å². The van der Waals surface area contributed by atoms with Crippen LogP contribution in [0.1, 0.15) is 47.1 Å². The Morgan fingerprint density at radius 2 is 1.19 bits per heavy atom. The second-order valence-electron chi connectivity index (χ2n) is 10.1. The van der Waals surface area contributed by atoms with E-state index in [1.807, 2.05) is 59.5 Å². The summed E-state index contributed by atoms with van der Waals surface area (Å²) < 4.78 is 0. The zero-order valence-corrected chi connectivity index (χ0v) is 21.3. The third-order valence-corrected chi connectivity index (χ3v) is 8.00. The van der Waals surface area contributed by atoms with Crippen LogP contribution in [0.4, 0.5) is 0 Å². The Balaban J connectivity index is 1.48. The van der Waals surface area contributed by atoms with Crippen LogP contribution >= 0.6 is 0 Å². The van der Waals surface area contributed by atoms with Crippen molar-refractivity contribution in [2.75, 3.05) is 13.1 Å². The van der Waals surface area contributed by atoms with Gasteiger partial charge >= 0.3 is 0 Å². The molecule has 4 aromatic rings. The van der Waals surface area contributed by atoms with E-state index >= 15 is 0 Å². The van der Waals surface area contributed by atoms with Gasteiger partial charge in [-0.1, -0.05) is 121 Å². The fraction of sp³-hybridized carbons (Fsp3) is 0.235. The Bertz CT molecular complexity index is 1270. The first kappa shape index (κ1) is 24.5. The number of carbonyl (C=O) groups excluding carboxylic acids is 1. The molecule has 1 saturated heterocycles. The molecule has 0 radical (unpaired) electrons. The van der Waals surface area contributed by atoms with Crippen molar-refractivity contribution >= 4 is 5.91 Å². The lowest BCUT2D eigenvalue weighted by atomic mass is 9.67. The number of hydrogen-bond acceptors (Lipinski definition) is 2. The van der Waals surface area contributed by atoms with E-state index < -0.39 is 10.8 Å². The average molecular weight is 485 g/mol. The Labute approximate surface area is 220 Å². The number of nitriles is 1. The first-order valence-corrected chi connectivity index (χ1v) is 13.0. The third-order valence-electron chi connectivity index (χ3n) is 8.00. The number of hydrogen-bond donors (Lipinski definition) is 0. The molecule has 3 heteroatoms. The van der Waals surface area contributed by atoms with Gasteiger partial charge in [0, 0.05) is 19.5 Å². The monoisotopic (exact) mass is 484 g/mol. The summed E-state index contributed by atoms with van der Waals surface area (Å²) in [5, 5.41) is 10.2. The Kier molecular flexibility index (Phi) is 6.93. The molecular formula is C34H32N2O. The molecule has 0 aliphatic carbocycles. The second-order valence-corrected chi connectivity index (χ2v) is 10.1. The van der Waals surface area contributed by atoms with Crippen LogP contribution in [-0.2, 0) is 15.6 Å². The van der Waals surface area contributed by atoms with Crippen LogP contribution in [0.25, 0.3) is 0 Å². The van der Waals surface area contributed by atoms with Crippen molar-refractivity contribution in [2.45, 2.75) is 37.0 Å². The summed E-state index contributed by atoms with van der Waals surface area (Å²) in [4.78, 5) is 16.0. The van der Waals surface area contributed by atoms with Crippen LogP contribution in [-0.4, -0.2) is 23.9 Å². The number of piperidine rings is 1. The molecule has 1 heterocycles. The van der Waals surface area contributed by atoms with E-state index in [9.17, 15) is 10.1 Å². The first-order valence-electron chi connectivity index (χ1n) is 13.0. The van der Waals surface area contributed by atoms with Crippen molar-refractivity contribution in [1.82, 2.24) is 4.90 Å². The van der Waals surface area contributed by atoms with Crippen molar-refractivity contribution in [3.8, 4) is 6.07 Å². The number of carbonyl (C=O) groups is 1. The van der Waals surface area contributed by atoms with Gasteiger partial charge in [0.2, 0.25) is 5.91 Å². The molecule has 0 bridgehead atoms. The predicted molar refractivity (Wildman–Crippen MR) is 148 cm³/mol. The second kappa shape index (κ2) is 10.4. The van der Waals surface area contributed by atoms with E-state index in [-0.39, 0.29) is 5.91 Å². The van der Waals surface area contributed by atoms with Gasteiger partial charge in [-0.15, -0.1) is 0 Å². The van der Waals surface area contributed by atoms with Crippen molar-refractivity contribution in [2.24, 2.45) is 0 Å². The van der Waals surface area contributed by atoms with Crippen molar-refractivity contribution < 1.29 is 4.79 Å². The lowest BCUT2D eigenvalue weighted by Crippen LogP contribution is -2.47. The number of amides is 1. The number of nitrogens with zero attached hydrogens (tertiary/aromatic N) is 2. The summed E-state index contributed by atoms with van der Waals surface area (Å²) in [5.74, 6) is 0.118. The van der Waals surface area contributed by atoms with Gasteiger partial charge in [-0.2, -0.15) is 5.26 Å². The van der Waals surface area contributed by atoms with Crippen molar-refractivity contribution in [1.29, 1.82) is 5.26 Å². The molecule has 1 aliphatic heterocycles. The maximum Gasteiger partial charge on any atom is 0.224 e. The Hall–Kier alpha value is -4.16. The standard InChI is InChI=1S/C34H32N2O/c1-27-17-19-28(20-18-27)33(26-35)21-23-36(24-22-33)32(37)25-34(29-11-5-2-6-12-29,30-13-7-3-8-14-30)31-15-9-4-10-16-31/h2-20H,21-25H2,1H3. The molecule has 0 aromatic heterocycles. The summed E-state index contributed by atoms with van der Waals surface area (Å²) in [6.07, 6.45) is 1.62. The highest BCUT2D eigenvalue weighted by Gasteiger charge is 2.42. The minimum atomic E-state index is -0.610. The smallest absolute Gasteiger partial charge is 0.224 e. The molecule has 0 N–H and O–H groups in total. The maximum atomic E-state index is 14.1. The van der Waals surface area contributed by atoms with Gasteiger partial charge in [0.15, 0.2) is 0 Å². The summed E-state index contributed by atoms with van der Waals surface area (Å²) in [5.41, 5.74) is 4.39. The average Bonchev–Trinajstić information content (AvgIpc) is 2.97. The number of rotatable bonds is 6. The molecular weight excluding hydrogens is 452 g/mol. The minimum Gasteiger partial charge on any atom is -0.343 e. The highest BCUT2D eigenvalue weighted by atomic mass is 16.2. The van der Waals surface area contributed by atoms with Crippen LogP contribution in [0.15, 0.2) is 115 Å². The molecule has 4 aromatic carbocycles. The molecule has 5 rings (SSSR count). The van der Waals surface area contributed by atoms with Crippen molar-refractivity contribution in [3.63, 3.8) is 0 Å². The van der Waals surface area contributed by atoms with Gasteiger partial charge < -0.3 is 4.90 Å². The SMILES string of the molecule is Cc1ccc(C2(C#N)CCN(C(=O)CC(c3ccccc3)(c3ccccc3)c3ccccc3)CC2)cc1. The predicted octanol–water partition coefficient (Wildman–Crippen LogP) is 6.80. The van der Waals surface area contributed by atoms with Crippen LogP contribution in [0.3, 0.4) is 0 Å². The van der Waals surface area contributed by atoms with Gasteiger partial charge in [-0.05, 0) is 42.0 Å². The van der Waals surface area contributed by atoms with Crippen LogP contribution in [0.5, 0.6) is 0 Å². The van der Waals surface area contributed by atoms with E-state index in [0.29, 0.717) is 32.4 Å². The molecule has 1 fully saturated rings. The highest BCUT2D eigenvalue weighted by Crippen LogP contribution is 2.43. The summed E-state index contributed by atoms with van der Waals surface area (Å²) >= 11 is 0. The molecule has 184 valence electrons. The largest absolute Gasteiger partial charge is 0.343 e. The zero-order chi connectivity index (χ0) is 25.7. The van der Waals surface area contributed by atoms with Crippen molar-refractivity contribution in [3.05, 3.63) is 143 Å². The first-order chi connectivity index (χ1) is 18.1. The molecule has 1 aliphatic rings. The molecule has 0 spiro atoms. The van der Waals surface area contributed by atoms with Gasteiger partial charge in [-0.25, -0.2) is 0 Å². The lowest BCUT2D eigenvalue weighted by Gasteiger charge is -2.41. The number of aryl methyl sites for hydroxylation is 1. The maximum absolute atomic E-state index is 14.1. The van der Waals surface area contributed by atoms with Gasteiger partial charge in [0.05, 0.1) is 16.9 Å². The Morgan fingerprint density at radius 3 is 1.59 bits per heavy atom. The molecule has 1 amide bonds. The zero-order valence-electron chi connectivity index (χ0n) is 21.3. The Morgan fingerprint density at radius 1 is 0.757 bits per heavy atom. The van der Waals surface area contributed by atoms with E-state index in [1.165, 1.54) is 5.56 Å². The topological polar surface area (TPSA) is 44.1 Å². The van der Waals surface area contributed by atoms with E-state index in [2.05, 4.69) is 73.7 Å². The normalized spacial score (nSPS) is 15.1. The molecule has 0 atom stereocenters. The number of likely N-dealkylation sites (tertiary alicyclic amines) is 1. The molecule has 0 saturated carbocycles. The quantitative estimate of drug-likeness (QED) is 0.282. The van der Waals surface area contributed by atoms with Crippen LogP contribution < -0.4 is 0 Å². The highest BCUT2D eigenvalue weighted by molar-refractivity contribution is 5.80. The van der Waals surface area contributed by atoms with E-state index in [4.69, 9.17) is 0 Å². The van der Waals surface area contributed by atoms with Gasteiger partial charge in [-0.3, -0.25) is 4.79 Å². The fourth-order valence-electron chi connectivity index (χ4n) is 5.79. The fourth-order valence-corrected chi connectivity index (χ4v) is 5.79. The summed E-state index contributed by atoms with van der Waals surface area (Å²) in [6, 6.07) is 42.0. The molecule has 37 heavy (non-hydrogen) atoms. The van der Waals surface area contributed by atoms with Crippen LogP contribution in [0, 0.1) is 18.3 Å². The molecule has 0 unspecified atom stereocenters. The number of benzene rings is 4. The third kappa shape index (κ3) is 4.68. The molecule has 3 nitrogen and oxygen atoms in total. The van der Waals surface area contributed by atoms with E-state index in [1.54, 1.807) is 0 Å². The lowest BCUT2D eigenvalue weighted by molar-refractivity contribution is -0.133. The minimum absolute atomic E-state index is 0.118. The van der Waals surface area contributed by atoms with Crippen LogP contribution in [0.2, 0.25) is 0 Å². The van der Waals surface area contributed by atoms with E-state index in [0.717, 1.165) is 22.3 Å².